The van der Waals surface area contributed by atoms with E-state index in [1.807, 2.05) is 37.2 Å². The number of aliphatic hydroxyl groups excluding tert-OH is 1. The number of aromatic nitrogens is 3. The number of hydrogen-bond acceptors (Lipinski definition) is 6. The third-order valence-corrected chi connectivity index (χ3v) is 5.26. The Morgan fingerprint density at radius 2 is 2.00 bits per heavy atom. The summed E-state index contributed by atoms with van der Waals surface area (Å²) in [6.07, 6.45) is 5.02. The zero-order chi connectivity index (χ0) is 21.4. The number of aliphatic hydroxyl groups is 1. The van der Waals surface area contributed by atoms with Crippen molar-refractivity contribution in [2.24, 2.45) is 0 Å². The van der Waals surface area contributed by atoms with E-state index in [2.05, 4.69) is 9.97 Å². The smallest absolute Gasteiger partial charge is 0.295 e. The summed E-state index contributed by atoms with van der Waals surface area (Å²) in [6.45, 7) is 2.70. The molecule has 8 nitrogen and oxygen atoms in total. The highest BCUT2D eigenvalue weighted by Crippen LogP contribution is 2.39. The molecule has 0 aromatic carbocycles. The van der Waals surface area contributed by atoms with E-state index in [0.29, 0.717) is 35.7 Å². The van der Waals surface area contributed by atoms with Crippen molar-refractivity contribution in [3.63, 3.8) is 0 Å². The molecule has 4 heterocycles. The predicted molar refractivity (Wildman–Crippen MR) is 112 cm³/mol. The van der Waals surface area contributed by atoms with Gasteiger partial charge < -0.3 is 14.9 Å². The number of fused-ring (bicyclic) bond motifs is 1. The zero-order valence-electron chi connectivity index (χ0n) is 17.1. The molecule has 3 aromatic heterocycles. The van der Waals surface area contributed by atoms with Gasteiger partial charge in [0.15, 0.2) is 5.76 Å². The number of hydrogen-bond donors (Lipinski definition) is 1. The molecule has 30 heavy (non-hydrogen) atoms. The lowest BCUT2D eigenvalue weighted by Gasteiger charge is -2.26. The van der Waals surface area contributed by atoms with Gasteiger partial charge >= 0.3 is 0 Å². The van der Waals surface area contributed by atoms with Gasteiger partial charge in [0.1, 0.15) is 11.3 Å². The van der Waals surface area contributed by atoms with Crippen LogP contribution < -0.4 is 0 Å². The quantitative estimate of drug-likeness (QED) is 0.397. The fraction of sp³-hybridized carbons (Fsp3) is 0.273. The topological polar surface area (TPSA) is 91.0 Å². The van der Waals surface area contributed by atoms with E-state index in [4.69, 9.17) is 0 Å². The molecule has 1 amide bonds. The third kappa shape index (κ3) is 3.25. The number of likely N-dealkylation sites (tertiary alicyclic amines) is 1. The first-order valence-corrected chi connectivity index (χ1v) is 9.67. The molecule has 0 radical (unpaired) electrons. The van der Waals surface area contributed by atoms with Gasteiger partial charge in [-0.25, -0.2) is 4.98 Å². The summed E-state index contributed by atoms with van der Waals surface area (Å²) in [5.74, 6) is -1.56. The molecule has 0 aliphatic carbocycles. The van der Waals surface area contributed by atoms with Crippen molar-refractivity contribution in [2.45, 2.75) is 13.0 Å². The average molecular weight is 405 g/mol. The van der Waals surface area contributed by atoms with Crippen LogP contribution in [0.5, 0.6) is 0 Å². The van der Waals surface area contributed by atoms with Gasteiger partial charge in [-0.1, -0.05) is 12.1 Å². The Morgan fingerprint density at radius 3 is 2.70 bits per heavy atom. The molecule has 1 fully saturated rings. The van der Waals surface area contributed by atoms with Gasteiger partial charge in [-0.3, -0.25) is 19.0 Å². The van der Waals surface area contributed by atoms with Crippen LogP contribution in [0.1, 0.15) is 23.0 Å². The molecule has 1 aliphatic heterocycles. The van der Waals surface area contributed by atoms with Gasteiger partial charge in [0.2, 0.25) is 0 Å². The van der Waals surface area contributed by atoms with Crippen LogP contribution in [0.4, 0.5) is 0 Å². The molecule has 3 aromatic rings. The second-order valence-corrected chi connectivity index (χ2v) is 7.56. The summed E-state index contributed by atoms with van der Waals surface area (Å²) in [5, 5.41) is 11.3. The van der Waals surface area contributed by atoms with Gasteiger partial charge in [-0.05, 0) is 44.8 Å². The van der Waals surface area contributed by atoms with E-state index in [9.17, 15) is 14.7 Å². The van der Waals surface area contributed by atoms with Crippen molar-refractivity contribution >= 4 is 23.1 Å². The number of nitrogens with zero attached hydrogens (tertiary/aromatic N) is 5. The molecule has 154 valence electrons. The van der Waals surface area contributed by atoms with Crippen molar-refractivity contribution in [2.75, 3.05) is 27.2 Å². The van der Waals surface area contributed by atoms with E-state index in [1.165, 1.54) is 4.90 Å². The van der Waals surface area contributed by atoms with Crippen LogP contribution in [-0.4, -0.2) is 68.2 Å². The van der Waals surface area contributed by atoms with Gasteiger partial charge in [-0.15, -0.1) is 0 Å². The van der Waals surface area contributed by atoms with Crippen LogP contribution in [0.3, 0.4) is 0 Å². The third-order valence-electron chi connectivity index (χ3n) is 5.26. The van der Waals surface area contributed by atoms with Gasteiger partial charge in [0.05, 0.1) is 17.3 Å². The maximum absolute atomic E-state index is 13.1. The summed E-state index contributed by atoms with van der Waals surface area (Å²) >= 11 is 0. The number of aryl methyl sites for hydroxylation is 1. The molecule has 1 aliphatic rings. The van der Waals surface area contributed by atoms with Crippen molar-refractivity contribution in [1.82, 2.24) is 24.2 Å². The van der Waals surface area contributed by atoms with E-state index in [0.717, 1.165) is 0 Å². The number of pyridine rings is 2. The summed E-state index contributed by atoms with van der Waals surface area (Å²) in [4.78, 5) is 38.0. The second kappa shape index (κ2) is 7.72. The lowest BCUT2D eigenvalue weighted by molar-refractivity contribution is -0.140. The molecule has 1 atom stereocenters. The average Bonchev–Trinajstić information content (AvgIpc) is 3.20. The Labute approximate surface area is 174 Å². The number of imidazole rings is 1. The Hall–Kier alpha value is -3.52. The molecule has 0 unspecified atom stereocenters. The van der Waals surface area contributed by atoms with Gasteiger partial charge in [-0.2, -0.15) is 0 Å². The lowest BCUT2D eigenvalue weighted by atomic mass is 9.97. The first-order valence-electron chi connectivity index (χ1n) is 9.67. The molecule has 1 saturated heterocycles. The highest BCUT2D eigenvalue weighted by atomic mass is 16.3. The summed E-state index contributed by atoms with van der Waals surface area (Å²) in [5.41, 5.74) is 2.36. The lowest BCUT2D eigenvalue weighted by Crippen LogP contribution is -2.35. The van der Waals surface area contributed by atoms with Crippen LogP contribution in [0.15, 0.2) is 54.5 Å². The summed E-state index contributed by atoms with van der Waals surface area (Å²) in [7, 11) is 3.80. The fourth-order valence-electron chi connectivity index (χ4n) is 3.83. The van der Waals surface area contributed by atoms with E-state index >= 15 is 0 Å². The van der Waals surface area contributed by atoms with Crippen molar-refractivity contribution in [3.05, 3.63) is 71.4 Å². The van der Waals surface area contributed by atoms with Gasteiger partial charge in [0.25, 0.3) is 11.7 Å². The van der Waals surface area contributed by atoms with Crippen molar-refractivity contribution < 1.29 is 14.7 Å². The Balaban J connectivity index is 1.92. The molecular formula is C22H23N5O3. The molecule has 0 bridgehead atoms. The Kier molecular flexibility index (Phi) is 5.09. The highest BCUT2D eigenvalue weighted by Gasteiger charge is 2.46. The minimum absolute atomic E-state index is 0.0560. The second-order valence-electron chi connectivity index (χ2n) is 7.56. The fourth-order valence-corrected chi connectivity index (χ4v) is 3.83. The van der Waals surface area contributed by atoms with Crippen LogP contribution in [0.2, 0.25) is 0 Å². The van der Waals surface area contributed by atoms with Crippen LogP contribution >= 0.6 is 0 Å². The highest BCUT2D eigenvalue weighted by molar-refractivity contribution is 6.46. The number of carbonyl (C=O) groups excluding carboxylic acids is 2. The molecule has 8 heteroatoms. The van der Waals surface area contributed by atoms with E-state index in [1.54, 1.807) is 42.0 Å². The number of Topliss-reactive ketones (excluding diaryl/α,β-unsaturated/α-hetero) is 1. The number of ketones is 1. The molecular weight excluding hydrogens is 382 g/mol. The number of amides is 1. The van der Waals surface area contributed by atoms with Crippen LogP contribution in [-0.2, 0) is 9.59 Å². The molecule has 0 spiro atoms. The predicted octanol–water partition coefficient (Wildman–Crippen LogP) is 2.02. The van der Waals surface area contributed by atoms with Crippen molar-refractivity contribution in [1.29, 1.82) is 0 Å². The van der Waals surface area contributed by atoms with Crippen molar-refractivity contribution in [3.8, 4) is 0 Å². The normalized spacial score (nSPS) is 18.7. The SMILES string of the molecule is Cc1nc2ccccn2c1/C(O)=C1\C(=O)C(=O)N(CCN(C)C)[C@H]1c1cccnc1. The maximum atomic E-state index is 13.1. The standard InChI is InChI=1S/C22H23N5O3/c1-14-18(26-10-5-4-8-16(26)24-14)20(28)17-19(15-7-6-9-23-13-15)27(12-11-25(2)3)22(30)21(17)29/h4-10,13,19,28H,11-12H2,1-3H3/b20-17+/t19-/m0/s1. The monoisotopic (exact) mass is 405 g/mol. The molecule has 4 rings (SSSR count). The van der Waals surface area contributed by atoms with Crippen LogP contribution in [0.25, 0.3) is 11.4 Å². The zero-order valence-corrected chi connectivity index (χ0v) is 17.1. The molecule has 0 saturated carbocycles. The van der Waals surface area contributed by atoms with Gasteiger partial charge in [0, 0.05) is 31.7 Å². The number of rotatable bonds is 5. The minimum Gasteiger partial charge on any atom is -0.505 e. The summed E-state index contributed by atoms with van der Waals surface area (Å²) < 4.78 is 1.72. The largest absolute Gasteiger partial charge is 0.505 e. The first kappa shape index (κ1) is 19.8. The number of carbonyl (C=O) groups is 2. The Bertz CT molecular complexity index is 1150. The first-order chi connectivity index (χ1) is 14.4. The summed E-state index contributed by atoms with van der Waals surface area (Å²) in [6, 6.07) is 8.33. The minimum atomic E-state index is -0.715. The maximum Gasteiger partial charge on any atom is 0.295 e. The van der Waals surface area contributed by atoms with E-state index < -0.39 is 17.7 Å². The van der Waals surface area contributed by atoms with Crippen LogP contribution in [0, 0.1) is 6.92 Å². The van der Waals surface area contributed by atoms with E-state index in [-0.39, 0.29) is 11.3 Å². The number of likely N-dealkylation sites (N-methyl/N-ethyl adjacent to an activating group) is 1. The Morgan fingerprint density at radius 1 is 1.20 bits per heavy atom. The molecule has 1 N–H and O–H groups in total.